The number of nitrogens with one attached hydrogen (secondary N) is 1. The molecule has 5 aromatic rings. The Labute approximate surface area is 164 Å². The Bertz CT molecular complexity index is 1220. The Kier molecular flexibility index (Phi) is 4.23. The zero-order valence-electron chi connectivity index (χ0n) is 14.6. The number of fused-ring (bicyclic) bond motifs is 1. The second kappa shape index (κ2) is 7.16. The molecular formula is C20H14N6OS. The minimum absolute atomic E-state index is 0.363. The molecule has 0 unspecified atom stereocenters. The highest BCUT2D eigenvalue weighted by atomic mass is 32.1. The van der Waals surface area contributed by atoms with Crippen LogP contribution in [0.5, 0.6) is 0 Å². The fourth-order valence-corrected chi connectivity index (χ4v) is 3.47. The lowest BCUT2D eigenvalue weighted by atomic mass is 10.2. The van der Waals surface area contributed by atoms with E-state index in [1.807, 2.05) is 53.2 Å². The van der Waals surface area contributed by atoms with Crippen molar-refractivity contribution in [3.63, 3.8) is 0 Å². The Balaban J connectivity index is 1.44. The van der Waals surface area contributed by atoms with Crippen molar-refractivity contribution in [2.45, 2.75) is 6.54 Å². The molecule has 8 heteroatoms. The Morgan fingerprint density at radius 3 is 2.64 bits per heavy atom. The zero-order valence-corrected chi connectivity index (χ0v) is 15.4. The molecule has 1 aromatic carbocycles. The summed E-state index contributed by atoms with van der Waals surface area (Å²) in [6.07, 6.45) is 3.39. The lowest BCUT2D eigenvalue weighted by Gasteiger charge is -2.09. The molecule has 0 bridgehead atoms. The maximum absolute atomic E-state index is 5.37. The van der Waals surface area contributed by atoms with Crippen LogP contribution in [0.3, 0.4) is 0 Å². The Morgan fingerprint density at radius 1 is 0.893 bits per heavy atom. The Morgan fingerprint density at radius 2 is 1.79 bits per heavy atom. The first-order valence-electron chi connectivity index (χ1n) is 8.63. The molecule has 0 saturated heterocycles. The van der Waals surface area contributed by atoms with Crippen LogP contribution in [0.15, 0.2) is 70.1 Å². The van der Waals surface area contributed by atoms with Crippen molar-refractivity contribution in [2.24, 2.45) is 0 Å². The van der Waals surface area contributed by atoms with Gasteiger partial charge in [0.25, 0.3) is 0 Å². The normalized spacial score (nSPS) is 11.0. The van der Waals surface area contributed by atoms with E-state index in [0.29, 0.717) is 24.1 Å². The maximum atomic E-state index is 5.37. The number of pyridine rings is 1. The van der Waals surface area contributed by atoms with Gasteiger partial charge in [-0.1, -0.05) is 17.3 Å². The maximum Gasteiger partial charge on any atom is 0.246 e. The van der Waals surface area contributed by atoms with E-state index in [2.05, 4.69) is 25.4 Å². The van der Waals surface area contributed by atoms with Gasteiger partial charge in [-0.25, -0.2) is 9.97 Å². The fraction of sp³-hybridized carbons (Fsp3) is 0.0500. The molecule has 28 heavy (non-hydrogen) atoms. The third kappa shape index (κ3) is 3.21. The van der Waals surface area contributed by atoms with E-state index in [1.165, 1.54) is 0 Å². The molecule has 4 heterocycles. The van der Waals surface area contributed by atoms with Crippen LogP contribution in [0, 0.1) is 0 Å². The standard InChI is InChI=1S/C20H14N6OS/c1-2-4-16-15(3-1)20(25-18(23-16)14-7-10-28-12-14)22-11-17-24-19(26-27-17)13-5-8-21-9-6-13/h1-10,12H,11H2,(H,22,23,25). The van der Waals surface area contributed by atoms with Crippen molar-refractivity contribution in [3.05, 3.63) is 71.5 Å². The van der Waals surface area contributed by atoms with Crippen molar-refractivity contribution < 1.29 is 4.52 Å². The summed E-state index contributed by atoms with van der Waals surface area (Å²) in [6, 6.07) is 13.6. The van der Waals surface area contributed by atoms with Gasteiger partial charge in [-0.05, 0) is 35.7 Å². The van der Waals surface area contributed by atoms with Gasteiger partial charge in [-0.2, -0.15) is 16.3 Å². The van der Waals surface area contributed by atoms with Crippen LogP contribution in [0.25, 0.3) is 33.7 Å². The van der Waals surface area contributed by atoms with Gasteiger partial charge in [0.2, 0.25) is 11.7 Å². The van der Waals surface area contributed by atoms with E-state index in [4.69, 9.17) is 9.51 Å². The number of para-hydroxylation sites is 1. The quantitative estimate of drug-likeness (QED) is 0.478. The van der Waals surface area contributed by atoms with E-state index >= 15 is 0 Å². The van der Waals surface area contributed by atoms with Gasteiger partial charge in [0.1, 0.15) is 5.82 Å². The van der Waals surface area contributed by atoms with Crippen LogP contribution in [-0.2, 0) is 6.54 Å². The summed E-state index contributed by atoms with van der Waals surface area (Å²) >= 11 is 1.62. The van der Waals surface area contributed by atoms with Crippen molar-refractivity contribution in [1.29, 1.82) is 0 Å². The number of anilines is 1. The first-order chi connectivity index (χ1) is 13.9. The second-order valence-corrected chi connectivity index (χ2v) is 6.81. The van der Waals surface area contributed by atoms with Crippen LogP contribution >= 0.6 is 11.3 Å². The smallest absolute Gasteiger partial charge is 0.246 e. The first-order valence-corrected chi connectivity index (χ1v) is 9.57. The molecule has 0 fully saturated rings. The average molecular weight is 386 g/mol. The molecule has 0 aliphatic carbocycles. The molecule has 0 aliphatic heterocycles. The number of hydrogen-bond acceptors (Lipinski definition) is 8. The summed E-state index contributed by atoms with van der Waals surface area (Å²) in [6.45, 7) is 0.363. The third-order valence-corrected chi connectivity index (χ3v) is 4.88. The fourth-order valence-electron chi connectivity index (χ4n) is 2.84. The van der Waals surface area contributed by atoms with E-state index in [-0.39, 0.29) is 0 Å². The molecule has 0 saturated carbocycles. The molecule has 136 valence electrons. The second-order valence-electron chi connectivity index (χ2n) is 6.03. The SMILES string of the molecule is c1ccc2c(NCc3nc(-c4ccncc4)no3)nc(-c3ccsc3)nc2c1. The molecule has 1 N–H and O–H groups in total. The van der Waals surface area contributed by atoms with Crippen molar-refractivity contribution >= 4 is 28.1 Å². The molecule has 0 radical (unpaired) electrons. The topological polar surface area (TPSA) is 89.6 Å². The van der Waals surface area contributed by atoms with Crippen LogP contribution < -0.4 is 5.32 Å². The van der Waals surface area contributed by atoms with Crippen LogP contribution in [-0.4, -0.2) is 25.1 Å². The summed E-state index contributed by atoms with van der Waals surface area (Å²) in [5.74, 6) is 2.43. The predicted octanol–water partition coefficient (Wildman–Crippen LogP) is 4.42. The van der Waals surface area contributed by atoms with Crippen LogP contribution in [0.2, 0.25) is 0 Å². The molecule has 7 nitrogen and oxygen atoms in total. The monoisotopic (exact) mass is 386 g/mol. The first kappa shape index (κ1) is 16.5. The van der Waals surface area contributed by atoms with Crippen molar-refractivity contribution in [2.75, 3.05) is 5.32 Å². The van der Waals surface area contributed by atoms with Gasteiger partial charge in [-0.15, -0.1) is 0 Å². The predicted molar refractivity (Wildman–Crippen MR) is 108 cm³/mol. The molecule has 0 aliphatic rings. The number of thiophene rings is 1. The summed E-state index contributed by atoms with van der Waals surface area (Å²) in [5, 5.41) is 12.3. The minimum Gasteiger partial charge on any atom is -0.360 e. The summed E-state index contributed by atoms with van der Waals surface area (Å²) < 4.78 is 5.37. The van der Waals surface area contributed by atoms with Gasteiger partial charge in [-0.3, -0.25) is 4.98 Å². The molecule has 0 amide bonds. The van der Waals surface area contributed by atoms with Gasteiger partial charge in [0.15, 0.2) is 5.82 Å². The molecule has 0 atom stereocenters. The third-order valence-electron chi connectivity index (χ3n) is 4.20. The highest BCUT2D eigenvalue weighted by Crippen LogP contribution is 2.26. The highest BCUT2D eigenvalue weighted by molar-refractivity contribution is 7.08. The number of hydrogen-bond donors (Lipinski definition) is 1. The van der Waals surface area contributed by atoms with Gasteiger partial charge >= 0.3 is 0 Å². The lowest BCUT2D eigenvalue weighted by molar-refractivity contribution is 0.384. The van der Waals surface area contributed by atoms with Gasteiger partial charge in [0.05, 0.1) is 12.1 Å². The van der Waals surface area contributed by atoms with E-state index < -0.39 is 0 Å². The largest absolute Gasteiger partial charge is 0.360 e. The summed E-state index contributed by atoms with van der Waals surface area (Å²) in [7, 11) is 0. The summed E-state index contributed by atoms with van der Waals surface area (Å²) in [4.78, 5) is 17.8. The minimum atomic E-state index is 0.363. The number of benzene rings is 1. The molecule has 5 rings (SSSR count). The van der Waals surface area contributed by atoms with E-state index in [9.17, 15) is 0 Å². The lowest BCUT2D eigenvalue weighted by Crippen LogP contribution is -2.04. The van der Waals surface area contributed by atoms with Crippen LogP contribution in [0.1, 0.15) is 5.89 Å². The van der Waals surface area contributed by atoms with Gasteiger partial charge < -0.3 is 9.84 Å². The summed E-state index contributed by atoms with van der Waals surface area (Å²) in [5.41, 5.74) is 2.73. The van der Waals surface area contributed by atoms with E-state index in [1.54, 1.807) is 23.7 Å². The molecular weight excluding hydrogens is 372 g/mol. The Hall–Kier alpha value is -3.65. The van der Waals surface area contributed by atoms with Gasteiger partial charge in [0, 0.05) is 34.3 Å². The van der Waals surface area contributed by atoms with Crippen molar-refractivity contribution in [1.82, 2.24) is 25.1 Å². The number of rotatable bonds is 5. The highest BCUT2D eigenvalue weighted by Gasteiger charge is 2.12. The number of nitrogens with zero attached hydrogens (tertiary/aromatic N) is 5. The number of aromatic nitrogens is 5. The van der Waals surface area contributed by atoms with Crippen molar-refractivity contribution in [3.8, 4) is 22.8 Å². The molecule has 0 spiro atoms. The van der Waals surface area contributed by atoms with E-state index in [0.717, 1.165) is 27.8 Å². The zero-order chi connectivity index (χ0) is 18.8. The average Bonchev–Trinajstić information content (AvgIpc) is 3.45. The van der Waals surface area contributed by atoms with Crippen LogP contribution in [0.4, 0.5) is 5.82 Å². The molecule has 4 aromatic heterocycles.